The van der Waals surface area contributed by atoms with Crippen molar-refractivity contribution in [2.24, 2.45) is 5.73 Å². The van der Waals surface area contributed by atoms with Gasteiger partial charge >= 0.3 is 0 Å². The van der Waals surface area contributed by atoms with Crippen LogP contribution < -0.4 is 5.73 Å². The summed E-state index contributed by atoms with van der Waals surface area (Å²) in [6.07, 6.45) is 0.468. The predicted molar refractivity (Wildman–Crippen MR) is 61.2 cm³/mol. The number of halogens is 1. The number of nitrogens with two attached hydrogens (primary N) is 1. The molecule has 0 aromatic heterocycles. The molecular formula is C12H18FNO. The molecule has 1 atom stereocenters. The molecule has 0 amide bonds. The van der Waals surface area contributed by atoms with Gasteiger partial charge in [0.2, 0.25) is 0 Å². The monoisotopic (exact) mass is 211 g/mol. The smallest absolute Gasteiger partial charge is 0.123 e. The highest BCUT2D eigenvalue weighted by Gasteiger charge is 2.06. The van der Waals surface area contributed by atoms with Crippen LogP contribution in [0.25, 0.3) is 0 Å². The van der Waals surface area contributed by atoms with E-state index in [2.05, 4.69) is 6.58 Å². The lowest BCUT2D eigenvalue weighted by molar-refractivity contribution is 0.368. The number of hydrogen-bond acceptors (Lipinski definition) is 2. The maximum Gasteiger partial charge on any atom is 0.123 e. The molecular weight excluding hydrogens is 193 g/mol. The fourth-order valence-electron chi connectivity index (χ4n) is 0.992. The van der Waals surface area contributed by atoms with Gasteiger partial charge in [0, 0.05) is 0 Å². The van der Waals surface area contributed by atoms with Crippen molar-refractivity contribution in [3.05, 3.63) is 48.0 Å². The molecule has 0 fully saturated rings. The van der Waals surface area contributed by atoms with Gasteiger partial charge in [-0.2, -0.15) is 0 Å². The standard InChI is InChI=1S/C10H12FNO.C2H6/c1-7(13)10(12)6-8-2-4-9(11)5-3-8;1-2/h2-5,10,13H,1,6,12H2;1-2H3. The van der Waals surface area contributed by atoms with Gasteiger partial charge in [-0.15, -0.1) is 0 Å². The van der Waals surface area contributed by atoms with Crippen molar-refractivity contribution in [2.45, 2.75) is 26.3 Å². The first kappa shape index (κ1) is 13.7. The second-order valence-electron chi connectivity index (χ2n) is 2.93. The number of rotatable bonds is 3. The molecule has 1 aromatic carbocycles. The average molecular weight is 211 g/mol. The Bertz CT molecular complexity index is 295. The molecule has 0 spiro atoms. The first-order chi connectivity index (χ1) is 7.09. The zero-order valence-corrected chi connectivity index (χ0v) is 9.20. The maximum atomic E-state index is 12.5. The molecule has 0 radical (unpaired) electrons. The topological polar surface area (TPSA) is 46.2 Å². The van der Waals surface area contributed by atoms with Crippen LogP contribution in [-0.2, 0) is 6.42 Å². The Morgan fingerprint density at radius 3 is 2.27 bits per heavy atom. The minimum absolute atomic E-state index is 0.0516. The van der Waals surface area contributed by atoms with Crippen LogP contribution in [0.1, 0.15) is 19.4 Å². The third-order valence-electron chi connectivity index (χ3n) is 1.80. The van der Waals surface area contributed by atoms with Crippen molar-refractivity contribution >= 4 is 0 Å². The van der Waals surface area contributed by atoms with Gasteiger partial charge in [-0.1, -0.05) is 32.6 Å². The van der Waals surface area contributed by atoms with E-state index in [1.54, 1.807) is 12.1 Å². The van der Waals surface area contributed by atoms with Gasteiger partial charge in [-0.05, 0) is 24.1 Å². The first-order valence-corrected chi connectivity index (χ1v) is 4.97. The molecule has 0 saturated carbocycles. The summed E-state index contributed by atoms with van der Waals surface area (Å²) < 4.78 is 12.5. The Morgan fingerprint density at radius 2 is 1.87 bits per heavy atom. The van der Waals surface area contributed by atoms with Crippen LogP contribution in [0.15, 0.2) is 36.6 Å². The van der Waals surface area contributed by atoms with Crippen molar-refractivity contribution in [1.29, 1.82) is 0 Å². The Balaban J connectivity index is 0.000000921. The largest absolute Gasteiger partial charge is 0.511 e. The van der Waals surface area contributed by atoms with Crippen LogP contribution in [0.2, 0.25) is 0 Å². The van der Waals surface area contributed by atoms with Crippen molar-refractivity contribution in [3.8, 4) is 0 Å². The third kappa shape index (κ3) is 5.18. The van der Waals surface area contributed by atoms with E-state index in [-0.39, 0.29) is 11.6 Å². The van der Waals surface area contributed by atoms with Gasteiger partial charge in [-0.25, -0.2) is 4.39 Å². The lowest BCUT2D eigenvalue weighted by atomic mass is 10.1. The molecule has 0 aliphatic carbocycles. The Kier molecular flexibility index (Phi) is 6.38. The average Bonchev–Trinajstić information content (AvgIpc) is 2.24. The number of hydrogen-bond donors (Lipinski definition) is 2. The molecule has 0 heterocycles. The highest BCUT2D eigenvalue weighted by Crippen LogP contribution is 2.07. The molecule has 3 N–H and O–H groups in total. The number of aliphatic hydroxyl groups is 1. The van der Waals surface area contributed by atoms with E-state index in [1.165, 1.54) is 12.1 Å². The second kappa shape index (κ2) is 7.01. The van der Waals surface area contributed by atoms with Crippen LogP contribution in [0, 0.1) is 5.82 Å². The first-order valence-electron chi connectivity index (χ1n) is 4.97. The predicted octanol–water partition coefficient (Wildman–Crippen LogP) is 2.79. The summed E-state index contributed by atoms with van der Waals surface area (Å²) in [5, 5.41) is 8.94. The Labute approximate surface area is 90.2 Å². The summed E-state index contributed by atoms with van der Waals surface area (Å²) in [5.41, 5.74) is 6.42. The second-order valence-corrected chi connectivity index (χ2v) is 2.93. The van der Waals surface area contributed by atoms with Crippen molar-refractivity contribution in [1.82, 2.24) is 0 Å². The highest BCUT2D eigenvalue weighted by molar-refractivity contribution is 5.18. The van der Waals surface area contributed by atoms with Gasteiger partial charge in [0.15, 0.2) is 0 Å². The van der Waals surface area contributed by atoms with Gasteiger partial charge in [0.1, 0.15) is 11.6 Å². The summed E-state index contributed by atoms with van der Waals surface area (Å²) in [4.78, 5) is 0. The summed E-state index contributed by atoms with van der Waals surface area (Å²) in [7, 11) is 0. The normalized spacial score (nSPS) is 11.2. The van der Waals surface area contributed by atoms with Crippen LogP contribution in [0.4, 0.5) is 4.39 Å². The molecule has 84 valence electrons. The third-order valence-corrected chi connectivity index (χ3v) is 1.80. The Morgan fingerprint density at radius 1 is 1.40 bits per heavy atom. The number of benzene rings is 1. The van der Waals surface area contributed by atoms with Crippen LogP contribution in [0.5, 0.6) is 0 Å². The van der Waals surface area contributed by atoms with E-state index in [0.29, 0.717) is 6.42 Å². The lowest BCUT2D eigenvalue weighted by Gasteiger charge is -2.09. The van der Waals surface area contributed by atoms with Crippen LogP contribution in [-0.4, -0.2) is 11.1 Å². The Hall–Kier alpha value is -1.35. The van der Waals surface area contributed by atoms with E-state index < -0.39 is 6.04 Å². The number of aliphatic hydroxyl groups excluding tert-OH is 1. The summed E-state index contributed by atoms with van der Waals surface area (Å²) in [5.74, 6) is -0.329. The molecule has 0 saturated heterocycles. The fourth-order valence-corrected chi connectivity index (χ4v) is 0.992. The molecule has 15 heavy (non-hydrogen) atoms. The van der Waals surface area contributed by atoms with E-state index in [0.717, 1.165) is 5.56 Å². The lowest BCUT2D eigenvalue weighted by Crippen LogP contribution is -2.24. The van der Waals surface area contributed by atoms with Crippen LogP contribution in [0.3, 0.4) is 0 Å². The van der Waals surface area contributed by atoms with Gasteiger partial charge in [0.25, 0.3) is 0 Å². The quantitative estimate of drug-likeness (QED) is 0.755. The summed E-state index contributed by atoms with van der Waals surface area (Å²) >= 11 is 0. The van der Waals surface area contributed by atoms with Gasteiger partial charge < -0.3 is 10.8 Å². The van der Waals surface area contributed by atoms with E-state index in [1.807, 2.05) is 13.8 Å². The van der Waals surface area contributed by atoms with Crippen LogP contribution >= 0.6 is 0 Å². The van der Waals surface area contributed by atoms with Crippen molar-refractivity contribution in [2.75, 3.05) is 0 Å². The molecule has 1 aromatic rings. The maximum absolute atomic E-state index is 12.5. The molecule has 3 heteroatoms. The highest BCUT2D eigenvalue weighted by atomic mass is 19.1. The minimum atomic E-state index is -0.481. The molecule has 0 aliphatic heterocycles. The molecule has 1 rings (SSSR count). The molecule has 1 unspecified atom stereocenters. The van der Waals surface area contributed by atoms with Gasteiger partial charge in [0.05, 0.1) is 6.04 Å². The molecule has 0 aliphatic rings. The molecule has 2 nitrogen and oxygen atoms in total. The summed E-state index contributed by atoms with van der Waals surface area (Å²) in [6.45, 7) is 7.33. The zero-order chi connectivity index (χ0) is 11.8. The molecule has 0 bridgehead atoms. The summed E-state index contributed by atoms with van der Waals surface area (Å²) in [6, 6.07) is 5.52. The SMILES string of the molecule is C=C(O)C(N)Cc1ccc(F)cc1.CC. The van der Waals surface area contributed by atoms with E-state index >= 15 is 0 Å². The minimum Gasteiger partial charge on any atom is -0.511 e. The van der Waals surface area contributed by atoms with E-state index in [4.69, 9.17) is 10.8 Å². The zero-order valence-electron chi connectivity index (χ0n) is 9.20. The van der Waals surface area contributed by atoms with Crippen molar-refractivity contribution in [3.63, 3.8) is 0 Å². The van der Waals surface area contributed by atoms with E-state index in [9.17, 15) is 4.39 Å². The van der Waals surface area contributed by atoms with Gasteiger partial charge in [-0.3, -0.25) is 0 Å². The fraction of sp³-hybridized carbons (Fsp3) is 0.333. The van der Waals surface area contributed by atoms with Crippen molar-refractivity contribution < 1.29 is 9.50 Å².